The van der Waals surface area contributed by atoms with Gasteiger partial charge >= 0.3 is 12.0 Å². The zero-order valence-corrected chi connectivity index (χ0v) is 12.5. The van der Waals surface area contributed by atoms with E-state index in [4.69, 9.17) is 0 Å². The van der Waals surface area contributed by atoms with Crippen LogP contribution in [0.15, 0.2) is 36.7 Å². The van der Waals surface area contributed by atoms with Crippen LogP contribution in [0.4, 0.5) is 18.9 Å². The number of nitrogens with zero attached hydrogens (tertiary/aromatic N) is 2. The molecule has 1 amide bonds. The third kappa shape index (κ3) is 2.80. The number of rotatable bonds is 3. The van der Waals surface area contributed by atoms with E-state index in [1.165, 1.54) is 31.3 Å². The summed E-state index contributed by atoms with van der Waals surface area (Å²) in [6.45, 7) is 1.09. The van der Waals surface area contributed by atoms with Crippen molar-refractivity contribution >= 4 is 11.6 Å². The first kappa shape index (κ1) is 16.3. The predicted octanol–water partition coefficient (Wildman–Crippen LogP) is 2.79. The van der Waals surface area contributed by atoms with Crippen molar-refractivity contribution in [3.63, 3.8) is 0 Å². The Hall–Kier alpha value is -2.61. The number of hydrogen-bond acceptors (Lipinski definition) is 4. The number of carbonyl (C=O) groups excluding carboxylic acids is 1. The molecule has 0 aliphatic carbocycles. The highest BCUT2D eigenvalue weighted by Crippen LogP contribution is 2.44. The second-order valence-corrected chi connectivity index (χ2v) is 5.39. The Kier molecular flexibility index (Phi) is 3.92. The topological polar surface area (TPSA) is 62.7 Å². The lowest BCUT2D eigenvalue weighted by Crippen LogP contribution is -2.50. The highest BCUT2D eigenvalue weighted by molar-refractivity contribution is 6.01. The molecule has 24 heavy (non-hydrogen) atoms. The molecule has 0 bridgehead atoms. The van der Waals surface area contributed by atoms with Gasteiger partial charge in [0.2, 0.25) is 0 Å². The van der Waals surface area contributed by atoms with Gasteiger partial charge in [0, 0.05) is 11.8 Å². The quantitative estimate of drug-likeness (QED) is 0.935. The number of aromatic nitrogens is 1. The fraction of sp³-hybridized carbons (Fsp3) is 0.250. The number of alkyl halides is 2. The maximum atomic E-state index is 14.0. The number of benzene rings is 1. The lowest BCUT2D eigenvalue weighted by Gasteiger charge is -2.34. The van der Waals surface area contributed by atoms with Crippen molar-refractivity contribution in [3.05, 3.63) is 53.6 Å². The van der Waals surface area contributed by atoms with Crippen molar-refractivity contribution in [3.8, 4) is 5.75 Å². The molecule has 1 atom stereocenters. The number of hydrogen-bond donors (Lipinski definition) is 1. The van der Waals surface area contributed by atoms with Crippen LogP contribution in [-0.2, 0) is 11.3 Å². The van der Waals surface area contributed by atoms with Crippen LogP contribution in [0.3, 0.4) is 0 Å². The van der Waals surface area contributed by atoms with E-state index in [1.54, 1.807) is 0 Å². The molecule has 8 heteroatoms. The molecule has 5 nitrogen and oxygen atoms in total. The van der Waals surface area contributed by atoms with Crippen LogP contribution in [-0.4, -0.2) is 22.1 Å². The number of aliphatic hydroxyl groups is 1. The smallest absolute Gasteiger partial charge is 0.423 e. The summed E-state index contributed by atoms with van der Waals surface area (Å²) in [6, 6.07) is 5.46. The zero-order chi connectivity index (χ0) is 17.5. The van der Waals surface area contributed by atoms with Crippen LogP contribution < -0.4 is 9.64 Å². The molecule has 0 radical (unpaired) electrons. The molecule has 2 aromatic rings. The average molecular weight is 338 g/mol. The van der Waals surface area contributed by atoms with Gasteiger partial charge in [-0.1, -0.05) is 12.1 Å². The Morgan fingerprint density at radius 1 is 1.38 bits per heavy atom. The van der Waals surface area contributed by atoms with Gasteiger partial charge in [0.25, 0.3) is 0 Å². The summed E-state index contributed by atoms with van der Waals surface area (Å²) in [5.74, 6) is -2.48. The molecule has 0 saturated heterocycles. The van der Waals surface area contributed by atoms with E-state index >= 15 is 0 Å². The molecule has 1 aliphatic rings. The molecule has 0 fully saturated rings. The number of anilines is 1. The van der Waals surface area contributed by atoms with Crippen LogP contribution in [0.2, 0.25) is 0 Å². The number of para-hydroxylation sites is 1. The molecule has 1 aromatic carbocycles. The monoisotopic (exact) mass is 338 g/mol. The summed E-state index contributed by atoms with van der Waals surface area (Å²) in [6.07, 6.45) is -2.90. The fourth-order valence-electron chi connectivity index (χ4n) is 2.52. The standard InChI is InChI=1S/C16H13F3N2O3/c1-9(22)12-3-2-4-13-14(12)24-16(18,19)15(23)21(13)8-10-5-11(17)7-20-6-10/h2-7,9,22H,8H2,1H3/t9-/m0/s1. The normalized spacial score (nSPS) is 17.2. The molecule has 0 spiro atoms. The Bertz CT molecular complexity index is 796. The SMILES string of the molecule is C[C@H](O)c1cccc2c1OC(F)(F)C(=O)N2Cc1cncc(F)c1. The maximum Gasteiger partial charge on any atom is 0.483 e. The van der Waals surface area contributed by atoms with Crippen molar-refractivity contribution in [1.29, 1.82) is 0 Å². The number of carbonyl (C=O) groups is 1. The number of ether oxygens (including phenoxy) is 1. The Morgan fingerprint density at radius 3 is 2.79 bits per heavy atom. The van der Waals surface area contributed by atoms with E-state index in [9.17, 15) is 23.1 Å². The van der Waals surface area contributed by atoms with Gasteiger partial charge in [-0.15, -0.1) is 0 Å². The largest absolute Gasteiger partial charge is 0.483 e. The number of halogens is 3. The van der Waals surface area contributed by atoms with Gasteiger partial charge < -0.3 is 9.84 Å². The second-order valence-electron chi connectivity index (χ2n) is 5.39. The highest BCUT2D eigenvalue weighted by atomic mass is 19.3. The van der Waals surface area contributed by atoms with E-state index in [0.717, 1.165) is 17.2 Å². The Labute approximate surface area is 135 Å². The van der Waals surface area contributed by atoms with Crippen molar-refractivity contribution in [2.45, 2.75) is 25.7 Å². The fourth-order valence-corrected chi connectivity index (χ4v) is 2.52. The molecule has 3 rings (SSSR count). The highest BCUT2D eigenvalue weighted by Gasteiger charge is 2.51. The number of aliphatic hydroxyl groups excluding tert-OH is 1. The van der Waals surface area contributed by atoms with Crippen molar-refractivity contribution in [2.24, 2.45) is 0 Å². The summed E-state index contributed by atoms with van der Waals surface area (Å²) in [4.78, 5) is 16.5. The lowest BCUT2D eigenvalue weighted by molar-refractivity contribution is -0.193. The minimum Gasteiger partial charge on any atom is -0.423 e. The van der Waals surface area contributed by atoms with Crippen molar-refractivity contribution in [1.82, 2.24) is 4.98 Å². The molecule has 0 unspecified atom stereocenters. The van der Waals surface area contributed by atoms with Crippen LogP contribution in [0.5, 0.6) is 5.75 Å². The number of pyridine rings is 1. The molecule has 1 aliphatic heterocycles. The summed E-state index contributed by atoms with van der Waals surface area (Å²) >= 11 is 0. The zero-order valence-electron chi connectivity index (χ0n) is 12.5. The van der Waals surface area contributed by atoms with Gasteiger partial charge in [-0.25, -0.2) is 4.39 Å². The number of amides is 1. The second kappa shape index (κ2) is 5.79. The van der Waals surface area contributed by atoms with Crippen LogP contribution in [0.1, 0.15) is 24.2 Å². The Morgan fingerprint density at radius 2 is 2.12 bits per heavy atom. The van der Waals surface area contributed by atoms with E-state index in [-0.39, 0.29) is 29.1 Å². The van der Waals surface area contributed by atoms with Crippen molar-refractivity contribution in [2.75, 3.05) is 4.90 Å². The molecule has 2 heterocycles. The summed E-state index contributed by atoms with van der Waals surface area (Å²) < 4.78 is 45.7. The minimum absolute atomic E-state index is 0.0774. The van der Waals surface area contributed by atoms with E-state index < -0.39 is 23.9 Å². The van der Waals surface area contributed by atoms with E-state index in [1.807, 2.05) is 0 Å². The van der Waals surface area contributed by atoms with E-state index in [2.05, 4.69) is 9.72 Å². The molecular formula is C16H13F3N2O3. The van der Waals surface area contributed by atoms with Gasteiger partial charge in [-0.3, -0.25) is 14.7 Å². The van der Waals surface area contributed by atoms with Gasteiger partial charge in [0.15, 0.2) is 5.75 Å². The first-order valence-corrected chi connectivity index (χ1v) is 7.09. The van der Waals surface area contributed by atoms with Gasteiger partial charge in [0.1, 0.15) is 5.82 Å². The van der Waals surface area contributed by atoms with Crippen LogP contribution >= 0.6 is 0 Å². The third-order valence-electron chi connectivity index (χ3n) is 3.59. The summed E-state index contributed by atoms with van der Waals surface area (Å²) in [5.41, 5.74) is 0.449. The van der Waals surface area contributed by atoms with Crippen LogP contribution in [0.25, 0.3) is 0 Å². The molecule has 0 saturated carbocycles. The van der Waals surface area contributed by atoms with Gasteiger partial charge in [0.05, 0.1) is 24.5 Å². The Balaban J connectivity index is 2.09. The number of fused-ring (bicyclic) bond motifs is 1. The minimum atomic E-state index is -4.08. The molecule has 1 N–H and O–H groups in total. The first-order valence-electron chi connectivity index (χ1n) is 7.09. The summed E-state index contributed by atoms with van der Waals surface area (Å²) in [5, 5.41) is 9.74. The van der Waals surface area contributed by atoms with E-state index in [0.29, 0.717) is 0 Å². The van der Waals surface area contributed by atoms with Crippen LogP contribution in [0, 0.1) is 5.82 Å². The first-order chi connectivity index (χ1) is 11.3. The maximum absolute atomic E-state index is 14.0. The summed E-state index contributed by atoms with van der Waals surface area (Å²) in [7, 11) is 0. The van der Waals surface area contributed by atoms with Gasteiger partial charge in [-0.2, -0.15) is 8.78 Å². The molecule has 1 aromatic heterocycles. The predicted molar refractivity (Wildman–Crippen MR) is 78.0 cm³/mol. The van der Waals surface area contributed by atoms with Crippen molar-refractivity contribution < 1.29 is 27.8 Å². The van der Waals surface area contributed by atoms with Gasteiger partial charge in [-0.05, 0) is 24.6 Å². The third-order valence-corrected chi connectivity index (χ3v) is 3.59. The molecule has 126 valence electrons. The molecular weight excluding hydrogens is 325 g/mol. The average Bonchev–Trinajstić information content (AvgIpc) is 2.51. The lowest BCUT2D eigenvalue weighted by atomic mass is 10.1.